The number of benzene rings is 4. The van der Waals surface area contributed by atoms with Gasteiger partial charge in [0.2, 0.25) is 0 Å². The number of nitrogens with one attached hydrogen (secondary N) is 1. The Kier molecular flexibility index (Phi) is 6.05. The minimum absolute atomic E-state index is 0.108. The molecule has 1 aliphatic heterocycles. The van der Waals surface area contributed by atoms with E-state index in [2.05, 4.69) is 53.5 Å². The van der Waals surface area contributed by atoms with E-state index in [0.717, 1.165) is 11.4 Å². The lowest BCUT2D eigenvalue weighted by atomic mass is 9.99. The Bertz CT molecular complexity index is 1400. The van der Waals surface area contributed by atoms with Crippen LogP contribution in [0.2, 0.25) is 0 Å². The van der Waals surface area contributed by atoms with Gasteiger partial charge in [-0.15, -0.1) is 0 Å². The van der Waals surface area contributed by atoms with E-state index in [0.29, 0.717) is 24.3 Å². The van der Waals surface area contributed by atoms with Crippen LogP contribution in [0, 0.1) is 6.92 Å². The van der Waals surface area contributed by atoms with E-state index in [1.165, 1.54) is 22.4 Å². The number of rotatable bonds is 6. The van der Waals surface area contributed by atoms with Crippen LogP contribution in [0.5, 0.6) is 11.5 Å². The van der Waals surface area contributed by atoms with Crippen LogP contribution >= 0.6 is 0 Å². The standard InChI is InChI=1S/C29H28N2O4/c1-18-14-21(15-25(28(18)32)29(33)34)31-17-22(35-27-13-6-5-12-26(27)31)16-30-19(2)23-11-7-9-20-8-3-4-10-24(20)23/h3-15,19,22,30,32H,16-17H2,1-2H3,(H,33,34)/t19-,22?/m1/s1. The van der Waals surface area contributed by atoms with Gasteiger partial charge in [-0.25, -0.2) is 4.79 Å². The van der Waals surface area contributed by atoms with Crippen LogP contribution in [0.3, 0.4) is 0 Å². The van der Waals surface area contributed by atoms with E-state index in [9.17, 15) is 15.0 Å². The molecule has 2 atom stereocenters. The zero-order valence-corrected chi connectivity index (χ0v) is 19.7. The van der Waals surface area contributed by atoms with Crippen LogP contribution in [-0.2, 0) is 0 Å². The van der Waals surface area contributed by atoms with E-state index in [1.54, 1.807) is 6.92 Å². The summed E-state index contributed by atoms with van der Waals surface area (Å²) < 4.78 is 6.32. The second kappa shape index (κ2) is 9.31. The van der Waals surface area contributed by atoms with E-state index in [1.807, 2.05) is 36.4 Å². The lowest BCUT2D eigenvalue weighted by Gasteiger charge is -2.37. The number of aromatic hydroxyl groups is 1. The lowest BCUT2D eigenvalue weighted by Crippen LogP contribution is -2.44. The number of ether oxygens (including phenoxy) is 1. The highest BCUT2D eigenvalue weighted by Gasteiger charge is 2.28. The van der Waals surface area contributed by atoms with Gasteiger partial charge in [0.05, 0.1) is 12.2 Å². The zero-order valence-electron chi connectivity index (χ0n) is 19.7. The molecule has 0 saturated carbocycles. The van der Waals surface area contributed by atoms with Gasteiger partial charge in [0.25, 0.3) is 0 Å². The number of aromatic carboxylic acids is 1. The van der Waals surface area contributed by atoms with Gasteiger partial charge in [-0.05, 0) is 60.0 Å². The number of hydrogen-bond donors (Lipinski definition) is 3. The molecule has 0 bridgehead atoms. The average Bonchev–Trinajstić information content (AvgIpc) is 2.87. The van der Waals surface area contributed by atoms with Gasteiger partial charge < -0.3 is 25.2 Å². The summed E-state index contributed by atoms with van der Waals surface area (Å²) in [6.45, 7) is 5.01. The highest BCUT2D eigenvalue weighted by Crippen LogP contribution is 2.40. The van der Waals surface area contributed by atoms with Crippen molar-refractivity contribution in [3.05, 3.63) is 95.6 Å². The second-order valence-electron chi connectivity index (χ2n) is 8.98. The van der Waals surface area contributed by atoms with Crippen molar-refractivity contribution in [1.29, 1.82) is 0 Å². The summed E-state index contributed by atoms with van der Waals surface area (Å²) in [5, 5.41) is 25.9. The van der Waals surface area contributed by atoms with E-state index in [4.69, 9.17) is 4.74 Å². The molecule has 4 aromatic rings. The molecular weight excluding hydrogens is 440 g/mol. The van der Waals surface area contributed by atoms with Crippen molar-refractivity contribution in [2.75, 3.05) is 18.0 Å². The number of phenols is 1. The predicted octanol–water partition coefficient (Wildman–Crippen LogP) is 5.80. The third kappa shape index (κ3) is 4.40. The number of aryl methyl sites for hydroxylation is 1. The summed E-state index contributed by atoms with van der Waals surface area (Å²) in [5.74, 6) is -0.619. The number of carboxylic acid groups (broad SMARTS) is 1. The average molecular weight is 469 g/mol. The van der Waals surface area contributed by atoms with Crippen molar-refractivity contribution in [1.82, 2.24) is 5.32 Å². The molecule has 1 unspecified atom stereocenters. The number of para-hydroxylation sites is 2. The molecular formula is C29H28N2O4. The number of nitrogens with zero attached hydrogens (tertiary/aromatic N) is 1. The van der Waals surface area contributed by atoms with Crippen LogP contribution in [0.4, 0.5) is 11.4 Å². The maximum Gasteiger partial charge on any atom is 0.339 e. The molecule has 3 N–H and O–H groups in total. The minimum atomic E-state index is -1.16. The van der Waals surface area contributed by atoms with Crippen LogP contribution in [0.25, 0.3) is 10.8 Å². The maximum atomic E-state index is 11.7. The Morgan fingerprint density at radius 2 is 1.83 bits per heavy atom. The van der Waals surface area contributed by atoms with Crippen LogP contribution < -0.4 is 15.0 Å². The number of carbonyl (C=O) groups is 1. The summed E-state index contributed by atoms with van der Waals surface area (Å²) >= 11 is 0. The fourth-order valence-corrected chi connectivity index (χ4v) is 4.77. The topological polar surface area (TPSA) is 82.0 Å². The third-order valence-electron chi connectivity index (χ3n) is 6.60. The zero-order chi connectivity index (χ0) is 24.5. The second-order valence-corrected chi connectivity index (χ2v) is 8.98. The van der Waals surface area contributed by atoms with Crippen molar-refractivity contribution >= 4 is 28.1 Å². The molecule has 0 fully saturated rings. The first-order chi connectivity index (χ1) is 16.9. The molecule has 0 saturated heterocycles. The van der Waals surface area contributed by atoms with Gasteiger partial charge >= 0.3 is 5.97 Å². The highest BCUT2D eigenvalue weighted by atomic mass is 16.5. The number of fused-ring (bicyclic) bond motifs is 2. The molecule has 0 amide bonds. The van der Waals surface area contributed by atoms with E-state index in [-0.39, 0.29) is 23.5 Å². The number of carboxylic acids is 1. The summed E-state index contributed by atoms with van der Waals surface area (Å²) in [6.07, 6.45) is -0.162. The Morgan fingerprint density at radius 3 is 2.66 bits per heavy atom. The minimum Gasteiger partial charge on any atom is -0.507 e. The summed E-state index contributed by atoms with van der Waals surface area (Å²) in [5.41, 5.74) is 3.22. The van der Waals surface area contributed by atoms with Gasteiger partial charge in [0.1, 0.15) is 23.2 Å². The summed E-state index contributed by atoms with van der Waals surface area (Å²) in [6, 6.07) is 25.9. The Hall–Kier alpha value is -4.03. The summed E-state index contributed by atoms with van der Waals surface area (Å²) in [4.78, 5) is 13.8. The van der Waals surface area contributed by atoms with Gasteiger partial charge in [-0.3, -0.25) is 0 Å². The molecule has 6 nitrogen and oxygen atoms in total. The lowest BCUT2D eigenvalue weighted by molar-refractivity contribution is 0.0693. The first kappa shape index (κ1) is 22.7. The molecule has 4 aromatic carbocycles. The Morgan fingerprint density at radius 1 is 1.09 bits per heavy atom. The smallest absolute Gasteiger partial charge is 0.339 e. The molecule has 0 aromatic heterocycles. The van der Waals surface area contributed by atoms with Crippen molar-refractivity contribution in [2.24, 2.45) is 0 Å². The molecule has 1 aliphatic rings. The largest absolute Gasteiger partial charge is 0.507 e. The van der Waals surface area contributed by atoms with Crippen molar-refractivity contribution in [2.45, 2.75) is 26.0 Å². The Balaban J connectivity index is 1.41. The van der Waals surface area contributed by atoms with Crippen LogP contribution in [0.15, 0.2) is 78.9 Å². The fourth-order valence-electron chi connectivity index (χ4n) is 4.77. The van der Waals surface area contributed by atoms with Crippen molar-refractivity contribution in [3.63, 3.8) is 0 Å². The van der Waals surface area contributed by atoms with Gasteiger partial charge in [0, 0.05) is 18.3 Å². The number of anilines is 2. The maximum absolute atomic E-state index is 11.7. The fraction of sp³-hybridized carbons (Fsp3) is 0.207. The monoisotopic (exact) mass is 468 g/mol. The van der Waals surface area contributed by atoms with Crippen molar-refractivity contribution < 1.29 is 19.7 Å². The molecule has 1 heterocycles. The van der Waals surface area contributed by atoms with E-state index < -0.39 is 5.97 Å². The number of hydrogen-bond acceptors (Lipinski definition) is 5. The molecule has 35 heavy (non-hydrogen) atoms. The van der Waals surface area contributed by atoms with Gasteiger partial charge in [0.15, 0.2) is 0 Å². The molecule has 178 valence electrons. The molecule has 6 heteroatoms. The third-order valence-corrected chi connectivity index (χ3v) is 6.60. The quantitative estimate of drug-likeness (QED) is 0.332. The normalized spacial score (nSPS) is 15.9. The first-order valence-electron chi connectivity index (χ1n) is 11.7. The molecule has 0 aliphatic carbocycles. The van der Waals surface area contributed by atoms with Gasteiger partial charge in [-0.1, -0.05) is 54.6 Å². The van der Waals surface area contributed by atoms with Crippen LogP contribution in [0.1, 0.15) is 34.5 Å². The first-order valence-corrected chi connectivity index (χ1v) is 11.7. The SMILES string of the molecule is Cc1cc(N2CC(CN[C@H](C)c3cccc4ccccc34)Oc3ccccc32)cc(C(=O)O)c1O. The Labute approximate surface area is 204 Å². The predicted molar refractivity (Wildman–Crippen MR) is 138 cm³/mol. The molecule has 0 radical (unpaired) electrons. The summed E-state index contributed by atoms with van der Waals surface area (Å²) in [7, 11) is 0. The van der Waals surface area contributed by atoms with E-state index >= 15 is 0 Å². The molecule has 0 spiro atoms. The van der Waals surface area contributed by atoms with Crippen molar-refractivity contribution in [3.8, 4) is 11.5 Å². The highest BCUT2D eigenvalue weighted by molar-refractivity contribution is 5.93. The molecule has 5 rings (SSSR count). The van der Waals surface area contributed by atoms with Crippen LogP contribution in [-0.4, -0.2) is 35.4 Å². The van der Waals surface area contributed by atoms with Gasteiger partial charge in [-0.2, -0.15) is 0 Å².